The summed E-state index contributed by atoms with van der Waals surface area (Å²) in [5.41, 5.74) is 2.06. The number of ether oxygens (including phenoxy) is 1. The number of nitrogens with one attached hydrogen (secondary N) is 1. The van der Waals surface area contributed by atoms with E-state index in [4.69, 9.17) is 14.6 Å². The molecular formula is C20H24F3N3O4S. The number of rotatable bonds is 7. The number of methoxy groups -OCH3 is 1. The molecule has 1 saturated heterocycles. The van der Waals surface area contributed by atoms with Gasteiger partial charge in [-0.25, -0.2) is 9.59 Å². The number of aliphatic carboxylic acids is 1. The number of aromatic nitrogens is 1. The molecule has 0 aliphatic carbocycles. The maximum atomic E-state index is 12.1. The van der Waals surface area contributed by atoms with Crippen LogP contribution in [0.2, 0.25) is 0 Å². The number of carbonyl (C=O) groups excluding carboxylic acids is 1. The lowest BCUT2D eigenvalue weighted by atomic mass is 10.1. The van der Waals surface area contributed by atoms with E-state index >= 15 is 0 Å². The molecule has 0 spiro atoms. The molecule has 2 N–H and O–H groups in total. The van der Waals surface area contributed by atoms with Gasteiger partial charge in [0.05, 0.1) is 12.8 Å². The highest BCUT2D eigenvalue weighted by atomic mass is 32.1. The Morgan fingerprint density at radius 1 is 1.39 bits per heavy atom. The number of hydrogen-bond donors (Lipinski definition) is 2. The van der Waals surface area contributed by atoms with Crippen molar-refractivity contribution in [3.8, 4) is 0 Å². The summed E-state index contributed by atoms with van der Waals surface area (Å²) < 4.78 is 36.7. The van der Waals surface area contributed by atoms with E-state index in [0.717, 1.165) is 37.3 Å². The van der Waals surface area contributed by atoms with E-state index in [1.165, 1.54) is 13.5 Å². The first-order valence-corrected chi connectivity index (χ1v) is 10.4. The van der Waals surface area contributed by atoms with Gasteiger partial charge in [-0.2, -0.15) is 24.5 Å². The summed E-state index contributed by atoms with van der Waals surface area (Å²) in [7, 11) is 1.44. The molecule has 0 radical (unpaired) electrons. The normalized spacial score (nSPS) is 17.5. The van der Waals surface area contributed by atoms with Crippen LogP contribution in [0.25, 0.3) is 0 Å². The second kappa shape index (κ2) is 11.8. The van der Waals surface area contributed by atoms with E-state index in [9.17, 15) is 18.0 Å². The fourth-order valence-corrected chi connectivity index (χ4v) is 3.87. The Labute approximate surface area is 181 Å². The van der Waals surface area contributed by atoms with Gasteiger partial charge in [0, 0.05) is 25.3 Å². The van der Waals surface area contributed by atoms with Crippen LogP contribution in [0.4, 0.5) is 13.2 Å². The predicted molar refractivity (Wildman–Crippen MR) is 108 cm³/mol. The number of esters is 1. The Hall–Kier alpha value is -2.50. The highest BCUT2D eigenvalue weighted by molar-refractivity contribution is 7.08. The number of pyridine rings is 1. The first-order valence-electron chi connectivity index (χ1n) is 9.49. The quantitative estimate of drug-likeness (QED) is 0.614. The summed E-state index contributed by atoms with van der Waals surface area (Å²) in [6.07, 6.45) is -0.930. The molecule has 1 aliphatic rings. The van der Waals surface area contributed by atoms with Gasteiger partial charge < -0.3 is 9.84 Å². The summed E-state index contributed by atoms with van der Waals surface area (Å²) >= 11 is 1.59. The SMILES string of the molecule is COC(=O)C(NCC1CCCN1Cc1ccccn1)c1ccsc1.O=C(O)C(F)(F)F. The third kappa shape index (κ3) is 7.93. The minimum atomic E-state index is -5.08. The molecule has 2 aromatic rings. The number of carboxylic acid groups (broad SMARTS) is 1. The van der Waals surface area contributed by atoms with Crippen LogP contribution in [0, 0.1) is 0 Å². The van der Waals surface area contributed by atoms with Gasteiger partial charge in [-0.1, -0.05) is 6.07 Å². The molecule has 11 heteroatoms. The van der Waals surface area contributed by atoms with Crippen LogP contribution in [-0.2, 0) is 20.9 Å². The number of hydrogen-bond acceptors (Lipinski definition) is 7. The molecule has 3 rings (SSSR count). The number of likely N-dealkylation sites (tertiary alicyclic amines) is 1. The van der Waals surface area contributed by atoms with Gasteiger partial charge in [0.15, 0.2) is 0 Å². The second-order valence-electron chi connectivity index (χ2n) is 6.81. The van der Waals surface area contributed by atoms with Crippen LogP contribution in [0.5, 0.6) is 0 Å². The molecule has 2 aromatic heterocycles. The Balaban J connectivity index is 0.000000423. The van der Waals surface area contributed by atoms with E-state index in [1.54, 1.807) is 11.3 Å². The molecular weight excluding hydrogens is 435 g/mol. The van der Waals surface area contributed by atoms with Crippen LogP contribution in [0.15, 0.2) is 41.2 Å². The zero-order chi connectivity index (χ0) is 22.9. The lowest BCUT2D eigenvalue weighted by molar-refractivity contribution is -0.192. The van der Waals surface area contributed by atoms with Crippen molar-refractivity contribution in [2.45, 2.75) is 37.6 Å². The Morgan fingerprint density at radius 3 is 2.68 bits per heavy atom. The van der Waals surface area contributed by atoms with Crippen molar-refractivity contribution in [1.82, 2.24) is 15.2 Å². The first-order chi connectivity index (χ1) is 14.7. The van der Waals surface area contributed by atoms with Gasteiger partial charge in [0.1, 0.15) is 6.04 Å². The fraction of sp³-hybridized carbons (Fsp3) is 0.450. The standard InChI is InChI=1S/C18H23N3O2S.C2HF3O2/c1-23-18(22)17(14-7-10-24-13-14)20-11-16-6-4-9-21(16)12-15-5-2-3-8-19-15;3-2(4,5)1(6)7/h2-3,5,7-8,10,13,16-17,20H,4,6,9,11-12H2,1H3;(H,6,7). The average Bonchev–Trinajstić information content (AvgIpc) is 3.41. The number of alkyl halides is 3. The molecule has 0 aromatic carbocycles. The summed E-state index contributed by atoms with van der Waals surface area (Å²) in [5, 5.41) is 14.5. The third-order valence-electron chi connectivity index (χ3n) is 4.70. The van der Waals surface area contributed by atoms with Crippen LogP contribution >= 0.6 is 11.3 Å². The minimum absolute atomic E-state index is 0.234. The van der Waals surface area contributed by atoms with E-state index in [-0.39, 0.29) is 5.97 Å². The molecule has 170 valence electrons. The topological polar surface area (TPSA) is 91.8 Å². The molecule has 2 unspecified atom stereocenters. The lowest BCUT2D eigenvalue weighted by Crippen LogP contribution is -2.41. The van der Waals surface area contributed by atoms with Crippen LogP contribution in [-0.4, -0.2) is 59.3 Å². The molecule has 1 aliphatic heterocycles. The number of carbonyl (C=O) groups is 2. The van der Waals surface area contributed by atoms with Crippen molar-refractivity contribution >= 4 is 23.3 Å². The molecule has 0 bridgehead atoms. The minimum Gasteiger partial charge on any atom is -0.475 e. The van der Waals surface area contributed by atoms with Crippen molar-refractivity contribution in [3.63, 3.8) is 0 Å². The zero-order valence-electron chi connectivity index (χ0n) is 16.8. The van der Waals surface area contributed by atoms with Gasteiger partial charge >= 0.3 is 18.1 Å². The van der Waals surface area contributed by atoms with Crippen molar-refractivity contribution in [2.24, 2.45) is 0 Å². The Kier molecular flexibility index (Phi) is 9.41. The number of carboxylic acids is 1. The predicted octanol–water partition coefficient (Wildman–Crippen LogP) is 3.24. The Morgan fingerprint density at radius 2 is 2.13 bits per heavy atom. The van der Waals surface area contributed by atoms with Crippen LogP contribution < -0.4 is 5.32 Å². The van der Waals surface area contributed by atoms with Crippen molar-refractivity contribution in [3.05, 3.63) is 52.5 Å². The highest BCUT2D eigenvalue weighted by Crippen LogP contribution is 2.22. The number of thiophene rings is 1. The summed E-state index contributed by atoms with van der Waals surface area (Å²) in [4.78, 5) is 27.8. The number of halogens is 3. The summed E-state index contributed by atoms with van der Waals surface area (Å²) in [5.74, 6) is -2.99. The smallest absolute Gasteiger partial charge is 0.475 e. The largest absolute Gasteiger partial charge is 0.490 e. The lowest BCUT2D eigenvalue weighted by Gasteiger charge is -2.26. The summed E-state index contributed by atoms with van der Waals surface area (Å²) in [6, 6.07) is 8.02. The van der Waals surface area contributed by atoms with E-state index in [1.807, 2.05) is 35.2 Å². The summed E-state index contributed by atoms with van der Waals surface area (Å²) in [6.45, 7) is 2.70. The average molecular weight is 459 g/mol. The number of nitrogens with zero attached hydrogens (tertiary/aromatic N) is 2. The van der Waals surface area contributed by atoms with Crippen molar-refractivity contribution in [1.29, 1.82) is 0 Å². The molecule has 2 atom stereocenters. The highest BCUT2D eigenvalue weighted by Gasteiger charge is 2.38. The molecule has 0 saturated carbocycles. The van der Waals surface area contributed by atoms with E-state index in [2.05, 4.69) is 21.3 Å². The maximum absolute atomic E-state index is 12.1. The molecule has 31 heavy (non-hydrogen) atoms. The first kappa shape index (κ1) is 24.8. The molecule has 7 nitrogen and oxygen atoms in total. The van der Waals surface area contributed by atoms with E-state index < -0.39 is 18.2 Å². The van der Waals surface area contributed by atoms with Crippen LogP contribution in [0.1, 0.15) is 30.1 Å². The Bertz CT molecular complexity index is 819. The van der Waals surface area contributed by atoms with Crippen molar-refractivity contribution < 1.29 is 32.6 Å². The zero-order valence-corrected chi connectivity index (χ0v) is 17.7. The second-order valence-corrected chi connectivity index (χ2v) is 7.59. The molecule has 3 heterocycles. The van der Waals surface area contributed by atoms with E-state index in [0.29, 0.717) is 6.04 Å². The van der Waals surface area contributed by atoms with Gasteiger partial charge in [-0.3, -0.25) is 15.2 Å². The fourth-order valence-electron chi connectivity index (χ4n) is 3.18. The van der Waals surface area contributed by atoms with Crippen molar-refractivity contribution in [2.75, 3.05) is 20.2 Å². The molecule has 0 amide bonds. The monoisotopic (exact) mass is 459 g/mol. The van der Waals surface area contributed by atoms with Gasteiger partial charge in [0.2, 0.25) is 0 Å². The van der Waals surface area contributed by atoms with Gasteiger partial charge in [-0.15, -0.1) is 0 Å². The van der Waals surface area contributed by atoms with Gasteiger partial charge in [0.25, 0.3) is 0 Å². The third-order valence-corrected chi connectivity index (χ3v) is 5.41. The van der Waals surface area contributed by atoms with Gasteiger partial charge in [-0.05, 0) is 53.9 Å². The molecule has 1 fully saturated rings. The van der Waals surface area contributed by atoms with Crippen LogP contribution in [0.3, 0.4) is 0 Å². The maximum Gasteiger partial charge on any atom is 0.490 e.